The van der Waals surface area contributed by atoms with Crippen LogP contribution in [0, 0.1) is 12.8 Å². The van der Waals surface area contributed by atoms with Crippen molar-refractivity contribution >= 4 is 11.7 Å². The fourth-order valence-electron chi connectivity index (χ4n) is 3.60. The molecule has 1 aliphatic rings. The van der Waals surface area contributed by atoms with Crippen molar-refractivity contribution in [2.45, 2.75) is 25.9 Å². The number of benzene rings is 1. The fraction of sp³-hybridized carbons (Fsp3) is 0.455. The second-order valence-electron chi connectivity index (χ2n) is 7.58. The van der Waals surface area contributed by atoms with Gasteiger partial charge in [-0.1, -0.05) is 17.7 Å². The zero-order valence-electron chi connectivity index (χ0n) is 17.2. The number of anilines is 1. The second-order valence-corrected chi connectivity index (χ2v) is 7.58. The van der Waals surface area contributed by atoms with E-state index in [0.717, 1.165) is 17.4 Å². The molecule has 2 heterocycles. The Morgan fingerprint density at radius 3 is 2.70 bits per heavy atom. The lowest BCUT2D eigenvalue weighted by Gasteiger charge is -2.35. The summed E-state index contributed by atoms with van der Waals surface area (Å²) < 4.78 is 45.7. The average molecular weight is 421 g/mol. The number of nitrogens with zero attached hydrogens (tertiary/aromatic N) is 3. The Bertz CT molecular complexity index is 855. The lowest BCUT2D eigenvalue weighted by Crippen LogP contribution is -2.45. The molecular formula is C22H26F3N3O2. The summed E-state index contributed by atoms with van der Waals surface area (Å²) in [5.74, 6) is 0.177. The molecule has 0 bridgehead atoms. The number of carbonyl (C=O) groups excluding carboxylic acids is 1. The highest BCUT2D eigenvalue weighted by molar-refractivity contribution is 5.79. The first-order valence-electron chi connectivity index (χ1n) is 9.97. The van der Waals surface area contributed by atoms with E-state index in [-0.39, 0.29) is 24.2 Å². The Balaban J connectivity index is 1.58. The van der Waals surface area contributed by atoms with Crippen LogP contribution < -0.4 is 9.64 Å². The summed E-state index contributed by atoms with van der Waals surface area (Å²) >= 11 is 0. The van der Waals surface area contributed by atoms with E-state index in [9.17, 15) is 18.0 Å². The molecule has 5 nitrogen and oxygen atoms in total. The highest BCUT2D eigenvalue weighted by Crippen LogP contribution is 2.36. The summed E-state index contributed by atoms with van der Waals surface area (Å²) in [6, 6.07) is 9.97. The van der Waals surface area contributed by atoms with Crippen LogP contribution in [0.1, 0.15) is 24.0 Å². The Labute approximate surface area is 174 Å². The molecule has 2 aromatic rings. The van der Waals surface area contributed by atoms with Gasteiger partial charge in [0.1, 0.15) is 18.2 Å². The molecular weight excluding hydrogens is 395 g/mol. The van der Waals surface area contributed by atoms with Gasteiger partial charge in [-0.15, -0.1) is 0 Å². The molecule has 1 aromatic carbocycles. The number of likely N-dealkylation sites (N-methyl/N-ethyl adjacent to an activating group) is 1. The van der Waals surface area contributed by atoms with Gasteiger partial charge in [-0.05, 0) is 44.0 Å². The highest BCUT2D eigenvalue weighted by Gasteiger charge is 2.37. The number of aryl methyl sites for hydroxylation is 1. The molecule has 0 N–H and O–H groups in total. The van der Waals surface area contributed by atoms with Crippen molar-refractivity contribution in [2.75, 3.05) is 38.2 Å². The molecule has 0 spiro atoms. The monoisotopic (exact) mass is 421 g/mol. The number of aromatic nitrogens is 1. The maximum atomic E-state index is 13.3. The number of hydrogen-bond acceptors (Lipinski definition) is 4. The number of hydrogen-bond donors (Lipinski definition) is 0. The summed E-state index contributed by atoms with van der Waals surface area (Å²) in [5, 5.41) is 0. The van der Waals surface area contributed by atoms with Gasteiger partial charge in [-0.25, -0.2) is 4.98 Å². The van der Waals surface area contributed by atoms with Crippen molar-refractivity contribution in [1.82, 2.24) is 9.88 Å². The molecule has 8 heteroatoms. The van der Waals surface area contributed by atoms with Crippen LogP contribution in [0.15, 0.2) is 42.6 Å². The van der Waals surface area contributed by atoms with Crippen LogP contribution in [0.25, 0.3) is 0 Å². The minimum atomic E-state index is -4.48. The van der Waals surface area contributed by atoms with Gasteiger partial charge in [0, 0.05) is 26.3 Å². The molecule has 0 saturated carbocycles. The third-order valence-electron chi connectivity index (χ3n) is 5.25. The van der Waals surface area contributed by atoms with Crippen molar-refractivity contribution < 1.29 is 22.7 Å². The molecule has 0 radical (unpaired) electrons. The normalized spacial score (nSPS) is 17.0. The van der Waals surface area contributed by atoms with E-state index in [1.54, 1.807) is 16.8 Å². The van der Waals surface area contributed by atoms with E-state index in [0.29, 0.717) is 32.5 Å². The average Bonchev–Trinajstić information content (AvgIpc) is 2.74. The summed E-state index contributed by atoms with van der Waals surface area (Å²) in [7, 11) is 1.70. The predicted octanol–water partition coefficient (Wildman–Crippen LogP) is 4.16. The van der Waals surface area contributed by atoms with Gasteiger partial charge >= 0.3 is 6.18 Å². The number of carbonyl (C=O) groups is 1. The van der Waals surface area contributed by atoms with Gasteiger partial charge in [0.25, 0.3) is 0 Å². The van der Waals surface area contributed by atoms with Crippen molar-refractivity contribution in [3.05, 3.63) is 53.7 Å². The number of halogens is 3. The smallest absolute Gasteiger partial charge is 0.419 e. The number of ether oxygens (including phenoxy) is 1. The van der Waals surface area contributed by atoms with Crippen LogP contribution in [-0.2, 0) is 11.0 Å². The van der Waals surface area contributed by atoms with Crippen LogP contribution in [0.2, 0.25) is 0 Å². The molecule has 1 aliphatic heterocycles. The SMILES string of the molecule is Cc1ccc(OCCN(C)C(=O)C2CCCN(c3ncccc3C(F)(F)F)C2)cc1. The molecule has 0 aliphatic carbocycles. The summed E-state index contributed by atoms with van der Waals surface area (Å²) in [6.45, 7) is 3.42. The summed E-state index contributed by atoms with van der Waals surface area (Å²) in [5.41, 5.74) is 0.371. The first-order chi connectivity index (χ1) is 14.3. The molecule has 1 fully saturated rings. The molecule has 3 rings (SSSR count). The number of rotatable bonds is 6. The van der Waals surface area contributed by atoms with E-state index < -0.39 is 11.7 Å². The maximum absolute atomic E-state index is 13.3. The quantitative estimate of drug-likeness (QED) is 0.703. The lowest BCUT2D eigenvalue weighted by molar-refractivity contribution is -0.137. The minimum Gasteiger partial charge on any atom is -0.492 e. The van der Waals surface area contributed by atoms with E-state index in [4.69, 9.17) is 4.74 Å². The highest BCUT2D eigenvalue weighted by atomic mass is 19.4. The van der Waals surface area contributed by atoms with Gasteiger partial charge in [0.15, 0.2) is 0 Å². The van der Waals surface area contributed by atoms with Crippen molar-refractivity contribution in [3.8, 4) is 5.75 Å². The lowest BCUT2D eigenvalue weighted by atomic mass is 9.96. The van der Waals surface area contributed by atoms with Gasteiger partial charge in [0.2, 0.25) is 5.91 Å². The third kappa shape index (κ3) is 5.43. The predicted molar refractivity (Wildman–Crippen MR) is 108 cm³/mol. The van der Waals surface area contributed by atoms with Crippen LogP contribution in [0.5, 0.6) is 5.75 Å². The number of pyridine rings is 1. The molecule has 1 atom stereocenters. The van der Waals surface area contributed by atoms with Crippen LogP contribution in [0.4, 0.5) is 19.0 Å². The zero-order chi connectivity index (χ0) is 21.7. The Hall–Kier alpha value is -2.77. The molecule has 162 valence electrons. The minimum absolute atomic E-state index is 0.0864. The molecule has 1 aromatic heterocycles. The number of piperidine rings is 1. The van der Waals surface area contributed by atoms with E-state index in [1.165, 1.54) is 12.3 Å². The fourth-order valence-corrected chi connectivity index (χ4v) is 3.60. The summed E-state index contributed by atoms with van der Waals surface area (Å²) in [4.78, 5) is 20.0. The van der Waals surface area contributed by atoms with Crippen LogP contribution >= 0.6 is 0 Å². The Morgan fingerprint density at radius 1 is 1.27 bits per heavy atom. The molecule has 1 unspecified atom stereocenters. The van der Waals surface area contributed by atoms with E-state index >= 15 is 0 Å². The Morgan fingerprint density at radius 2 is 2.00 bits per heavy atom. The van der Waals surface area contributed by atoms with Gasteiger partial charge < -0.3 is 14.5 Å². The molecule has 1 amide bonds. The van der Waals surface area contributed by atoms with Gasteiger partial charge in [0.05, 0.1) is 18.0 Å². The molecule has 30 heavy (non-hydrogen) atoms. The zero-order valence-corrected chi connectivity index (χ0v) is 17.2. The topological polar surface area (TPSA) is 45.7 Å². The van der Waals surface area contributed by atoms with E-state index in [2.05, 4.69) is 4.98 Å². The van der Waals surface area contributed by atoms with Crippen LogP contribution in [0.3, 0.4) is 0 Å². The van der Waals surface area contributed by atoms with E-state index in [1.807, 2.05) is 31.2 Å². The third-order valence-corrected chi connectivity index (χ3v) is 5.25. The largest absolute Gasteiger partial charge is 0.492 e. The summed E-state index contributed by atoms with van der Waals surface area (Å²) in [6.07, 6.45) is -1.85. The Kier molecular flexibility index (Phi) is 6.84. The van der Waals surface area contributed by atoms with Crippen LogP contribution in [-0.4, -0.2) is 49.1 Å². The first-order valence-corrected chi connectivity index (χ1v) is 9.97. The first kappa shape index (κ1) is 21.9. The number of alkyl halides is 3. The van der Waals surface area contributed by atoms with Crippen molar-refractivity contribution in [3.63, 3.8) is 0 Å². The van der Waals surface area contributed by atoms with Gasteiger partial charge in [-0.3, -0.25) is 4.79 Å². The van der Waals surface area contributed by atoms with Crippen molar-refractivity contribution in [1.29, 1.82) is 0 Å². The maximum Gasteiger partial charge on any atom is 0.419 e. The second kappa shape index (κ2) is 9.36. The molecule has 1 saturated heterocycles. The van der Waals surface area contributed by atoms with Gasteiger partial charge in [-0.2, -0.15) is 13.2 Å². The number of amides is 1. The standard InChI is InChI=1S/C22H26F3N3O2/c1-16-7-9-18(10-8-16)30-14-13-27(2)21(29)17-5-4-12-28(15-17)20-19(22(23,24)25)6-3-11-26-20/h3,6-11,17H,4-5,12-15H2,1-2H3. The van der Waals surface area contributed by atoms with Crippen molar-refractivity contribution in [2.24, 2.45) is 5.92 Å².